The summed E-state index contributed by atoms with van der Waals surface area (Å²) in [7, 11) is 0. The molecule has 0 fully saturated rings. The van der Waals surface area contributed by atoms with Crippen molar-refractivity contribution < 1.29 is 35.5 Å². The predicted molar refractivity (Wildman–Crippen MR) is 378 cm³/mol. The maximum atomic E-state index is 14.8. The Labute approximate surface area is 563 Å². The Morgan fingerprint density at radius 3 is 1.15 bits per heavy atom. The average molecular weight is 1320 g/mol. The van der Waals surface area contributed by atoms with Crippen LogP contribution in [0.4, 0.5) is 30.7 Å². The molecule has 0 aliphatic carbocycles. The van der Waals surface area contributed by atoms with Crippen LogP contribution in [-0.4, -0.2) is 71.5 Å². The predicted octanol–water partition coefficient (Wildman–Crippen LogP) is 19.7. The van der Waals surface area contributed by atoms with Crippen molar-refractivity contribution in [3.63, 3.8) is 0 Å². The number of alkyl halides is 4. The molecule has 0 saturated carbocycles. The van der Waals surface area contributed by atoms with Gasteiger partial charge in [-0.3, -0.25) is 39.9 Å². The minimum Gasteiger partial charge on any atom is -0.482 e. The van der Waals surface area contributed by atoms with Gasteiger partial charge in [-0.05, 0) is 128 Å². The van der Waals surface area contributed by atoms with Crippen molar-refractivity contribution in [2.24, 2.45) is 20.0 Å². The molecule has 0 saturated heterocycles. The van der Waals surface area contributed by atoms with Crippen LogP contribution in [0.25, 0.3) is 43.6 Å². The molecule has 9 nitrogen and oxygen atoms in total. The molecule has 0 amide bonds. The second-order valence-electron chi connectivity index (χ2n) is 27.5. The summed E-state index contributed by atoms with van der Waals surface area (Å²) in [4.78, 5) is 36.3. The average Bonchev–Trinajstić information content (AvgIpc) is 0.929. The lowest BCUT2D eigenvalue weighted by molar-refractivity contribution is -0.0710. The number of hydrogen-bond donors (Lipinski definition) is 0. The van der Waals surface area contributed by atoms with Gasteiger partial charge in [-0.15, -0.1) is 0 Å². The first-order chi connectivity index (χ1) is 46.6. The van der Waals surface area contributed by atoms with Crippen LogP contribution in [0.15, 0.2) is 245 Å². The van der Waals surface area contributed by atoms with E-state index in [2.05, 4.69) is 63.7 Å². The normalized spacial score (nSPS) is 17.5. The summed E-state index contributed by atoms with van der Waals surface area (Å²) in [6.45, 7) is 18.1. The van der Waals surface area contributed by atoms with Crippen molar-refractivity contribution in [3.8, 4) is 5.75 Å². The SMILES string of the molecule is CC1(C)CN=C(c2cnc3ccccc3c2)c2cccc(F)c2O1.CC1(C)N=C(c2cnc3ccccc3c2)c2cccc(F)c2C1(C)C.CC1(C)N=C(c2cnc3ccccc3c2)c2cccc(F)c2C1(F)F.CC1(C)N=C(c2cnc3ccccc3c2)c2ccccc2C1(F)F. The number of hydrogen-bond acceptors (Lipinski definition) is 9. The molecule has 492 valence electrons. The number of aliphatic imine (C=N–C) groups is 4. The van der Waals surface area contributed by atoms with Gasteiger partial charge in [0.05, 0.1) is 62.6 Å². The third kappa shape index (κ3) is 12.0. The summed E-state index contributed by atoms with van der Waals surface area (Å²) >= 11 is 0. The fourth-order valence-electron chi connectivity index (χ4n) is 12.8. The standard InChI is InChI=1S/C22H21FN2.C20H15F3N2.C20H16F2N2.C20H17FN2O/c1-21(2)19-16(9-7-10-17(19)23)20(25-22(21,3)4)15-12-14-8-5-6-11-18(14)24-13-15;1-19(2)20(22,23)17-14(7-5-8-15(17)21)18(25-19)13-10-12-6-3-4-9-16(12)24-11-13;1-19(2)20(21,22)16-9-5-4-8-15(16)18(24-19)14-11-13-7-3-6-10-17(13)23-12-14;1-20(2)12-23-18(15-7-5-8-16(21)19(15)24-20)14-10-13-6-3-4-9-17(13)22-11-14/h5-13H,1-4H3;3-11H,1-2H3;3-12H,1-2H3;3-11H,12H2,1-2H3. The van der Waals surface area contributed by atoms with E-state index in [1.54, 1.807) is 48.9 Å². The summed E-state index contributed by atoms with van der Waals surface area (Å²) < 4.78 is 109. The highest BCUT2D eigenvalue weighted by atomic mass is 19.3. The fraction of sp³-hybridized carbons (Fsp3) is 0.220. The Morgan fingerprint density at radius 2 is 0.684 bits per heavy atom. The molecule has 0 spiro atoms. The topological polar surface area (TPSA) is 110 Å². The highest BCUT2D eigenvalue weighted by Gasteiger charge is 2.55. The van der Waals surface area contributed by atoms with E-state index in [1.165, 1.54) is 58.0 Å². The Kier molecular flexibility index (Phi) is 16.7. The molecule has 0 N–H and O–H groups in total. The van der Waals surface area contributed by atoms with E-state index in [9.17, 15) is 30.7 Å². The van der Waals surface area contributed by atoms with Crippen LogP contribution in [0.3, 0.4) is 0 Å². The van der Waals surface area contributed by atoms with Crippen molar-refractivity contribution in [1.29, 1.82) is 0 Å². The first-order valence-electron chi connectivity index (χ1n) is 32.2. The molecular weight excluding hydrogens is 1250 g/mol. The van der Waals surface area contributed by atoms with E-state index in [0.29, 0.717) is 40.4 Å². The van der Waals surface area contributed by atoms with Crippen molar-refractivity contribution in [1.82, 2.24) is 19.9 Å². The lowest BCUT2D eigenvalue weighted by Gasteiger charge is -2.44. The molecule has 4 aliphatic rings. The fourth-order valence-corrected chi connectivity index (χ4v) is 12.8. The number of aromatic nitrogens is 4. The smallest absolute Gasteiger partial charge is 0.300 e. The van der Waals surface area contributed by atoms with Gasteiger partial charge in [-0.1, -0.05) is 141 Å². The summed E-state index contributed by atoms with van der Waals surface area (Å²) in [5, 5.41) is 3.92. The number of rotatable bonds is 4. The van der Waals surface area contributed by atoms with Crippen LogP contribution in [0.2, 0.25) is 0 Å². The molecule has 16 heteroatoms. The second kappa shape index (κ2) is 24.8. The first kappa shape index (κ1) is 66.0. The molecule has 12 aromatic rings. The van der Waals surface area contributed by atoms with E-state index >= 15 is 0 Å². The molecule has 4 aliphatic heterocycles. The molecule has 0 atom stereocenters. The highest BCUT2D eigenvalue weighted by Crippen LogP contribution is 2.50. The van der Waals surface area contributed by atoms with Gasteiger partial charge < -0.3 is 4.74 Å². The zero-order valence-electron chi connectivity index (χ0n) is 55.7. The molecular formula is C82H69F7N8O. The first-order valence-corrected chi connectivity index (χ1v) is 32.2. The van der Waals surface area contributed by atoms with E-state index in [4.69, 9.17) is 14.7 Å². The lowest BCUT2D eigenvalue weighted by atomic mass is 9.65. The third-order valence-corrected chi connectivity index (χ3v) is 18.9. The Balaban J connectivity index is 0.000000118. The summed E-state index contributed by atoms with van der Waals surface area (Å²) in [6.07, 6.45) is 6.92. The summed E-state index contributed by atoms with van der Waals surface area (Å²) in [5.41, 5.74) is 6.71. The lowest BCUT2D eigenvalue weighted by Crippen LogP contribution is -2.46. The molecule has 0 radical (unpaired) electrons. The Bertz CT molecular complexity index is 5120. The van der Waals surface area contributed by atoms with E-state index in [0.717, 1.165) is 83.2 Å². The van der Waals surface area contributed by atoms with Crippen LogP contribution in [-0.2, 0) is 17.3 Å². The number of pyridine rings is 4. The van der Waals surface area contributed by atoms with Gasteiger partial charge in [-0.2, -0.15) is 17.6 Å². The third-order valence-electron chi connectivity index (χ3n) is 18.9. The van der Waals surface area contributed by atoms with Gasteiger partial charge in [0.2, 0.25) is 0 Å². The number of nitrogens with zero attached hydrogens (tertiary/aromatic N) is 8. The van der Waals surface area contributed by atoms with Crippen LogP contribution in [0.5, 0.6) is 5.75 Å². The van der Waals surface area contributed by atoms with Gasteiger partial charge in [0, 0.05) is 107 Å². The van der Waals surface area contributed by atoms with Crippen LogP contribution in [0, 0.1) is 17.5 Å². The van der Waals surface area contributed by atoms with E-state index in [-0.39, 0.29) is 28.5 Å². The minimum atomic E-state index is -3.40. The van der Waals surface area contributed by atoms with Crippen molar-refractivity contribution in [2.75, 3.05) is 6.54 Å². The number of fused-ring (bicyclic) bond motifs is 8. The largest absolute Gasteiger partial charge is 0.482 e. The van der Waals surface area contributed by atoms with Gasteiger partial charge in [0.1, 0.15) is 28.3 Å². The van der Waals surface area contributed by atoms with Crippen LogP contribution < -0.4 is 4.74 Å². The van der Waals surface area contributed by atoms with Crippen molar-refractivity contribution in [2.45, 2.75) is 109 Å². The zero-order chi connectivity index (χ0) is 69.3. The highest BCUT2D eigenvalue weighted by molar-refractivity contribution is 6.18. The molecule has 0 bridgehead atoms. The van der Waals surface area contributed by atoms with E-state index < -0.39 is 50.9 Å². The molecule has 98 heavy (non-hydrogen) atoms. The van der Waals surface area contributed by atoms with Gasteiger partial charge in [0.15, 0.2) is 11.6 Å². The molecule has 0 unspecified atom stereocenters. The van der Waals surface area contributed by atoms with Gasteiger partial charge >= 0.3 is 5.92 Å². The van der Waals surface area contributed by atoms with Crippen LogP contribution in [0.1, 0.15) is 130 Å². The van der Waals surface area contributed by atoms with Crippen molar-refractivity contribution >= 4 is 66.5 Å². The van der Waals surface area contributed by atoms with Gasteiger partial charge in [0.25, 0.3) is 5.92 Å². The maximum Gasteiger partial charge on any atom is 0.300 e. The van der Waals surface area contributed by atoms with E-state index in [1.807, 2.05) is 147 Å². The Morgan fingerprint density at radius 1 is 0.337 bits per heavy atom. The number of ether oxygens (including phenoxy) is 1. The second-order valence-corrected chi connectivity index (χ2v) is 27.5. The summed E-state index contributed by atoms with van der Waals surface area (Å²) in [5.74, 6) is -7.62. The molecule has 8 aromatic carbocycles. The number of para-hydroxylation sites is 5. The molecule has 16 rings (SSSR count). The molecule has 8 heterocycles. The summed E-state index contributed by atoms with van der Waals surface area (Å²) in [6, 6.07) is 59.8. The number of benzene rings is 8. The molecule has 4 aromatic heterocycles. The Hall–Kier alpha value is -10.6. The quantitative estimate of drug-likeness (QED) is 0.163. The maximum absolute atomic E-state index is 14.8. The minimum absolute atomic E-state index is 0.0214. The van der Waals surface area contributed by atoms with Gasteiger partial charge in [-0.25, -0.2) is 13.2 Å². The number of halogens is 7. The monoisotopic (exact) mass is 1310 g/mol. The van der Waals surface area contributed by atoms with Crippen molar-refractivity contribution in [3.05, 3.63) is 304 Å². The zero-order valence-corrected chi connectivity index (χ0v) is 55.7. The van der Waals surface area contributed by atoms with Crippen LogP contribution >= 0.6 is 0 Å².